The van der Waals surface area contributed by atoms with Crippen LogP contribution in [-0.4, -0.2) is 23.5 Å². The summed E-state index contributed by atoms with van der Waals surface area (Å²) in [4.78, 5) is 0. The molecule has 74 valence electrons. The zero-order valence-corrected chi connectivity index (χ0v) is 8.30. The predicted octanol–water partition coefficient (Wildman–Crippen LogP) is 1.22. The maximum atomic E-state index is 9.15. The number of aliphatic hydroxyl groups excluding tert-OH is 1. The SMILES string of the molecule is NCC(O)CCSCc1ccco1. The van der Waals surface area contributed by atoms with E-state index in [-0.39, 0.29) is 6.10 Å². The van der Waals surface area contributed by atoms with Crippen molar-refractivity contribution in [1.29, 1.82) is 0 Å². The van der Waals surface area contributed by atoms with Crippen molar-refractivity contribution in [3.8, 4) is 0 Å². The third kappa shape index (κ3) is 4.36. The van der Waals surface area contributed by atoms with Gasteiger partial charge < -0.3 is 15.3 Å². The molecule has 1 unspecified atom stereocenters. The molecule has 1 heterocycles. The van der Waals surface area contributed by atoms with Crippen molar-refractivity contribution < 1.29 is 9.52 Å². The molecule has 0 radical (unpaired) electrons. The van der Waals surface area contributed by atoms with Crippen LogP contribution in [0.5, 0.6) is 0 Å². The smallest absolute Gasteiger partial charge is 0.113 e. The zero-order valence-electron chi connectivity index (χ0n) is 7.48. The van der Waals surface area contributed by atoms with Crippen molar-refractivity contribution in [3.63, 3.8) is 0 Å². The minimum atomic E-state index is -0.357. The molecule has 0 saturated heterocycles. The van der Waals surface area contributed by atoms with Crippen LogP contribution in [0.15, 0.2) is 22.8 Å². The molecule has 0 saturated carbocycles. The minimum Gasteiger partial charge on any atom is -0.468 e. The van der Waals surface area contributed by atoms with Crippen LogP contribution in [-0.2, 0) is 5.75 Å². The van der Waals surface area contributed by atoms with Crippen LogP contribution in [0.4, 0.5) is 0 Å². The molecule has 3 nitrogen and oxygen atoms in total. The number of rotatable bonds is 6. The molecule has 1 rings (SSSR count). The number of aliphatic hydroxyl groups is 1. The van der Waals surface area contributed by atoms with E-state index in [2.05, 4.69) is 0 Å². The third-order valence-corrected chi connectivity index (χ3v) is 2.70. The molecule has 0 spiro atoms. The summed E-state index contributed by atoms with van der Waals surface area (Å²) in [7, 11) is 0. The number of thioether (sulfide) groups is 1. The minimum absolute atomic E-state index is 0.349. The van der Waals surface area contributed by atoms with Crippen LogP contribution < -0.4 is 5.73 Å². The Morgan fingerprint density at radius 1 is 1.62 bits per heavy atom. The van der Waals surface area contributed by atoms with Crippen molar-refractivity contribution in [1.82, 2.24) is 0 Å². The van der Waals surface area contributed by atoms with Crippen molar-refractivity contribution in [2.24, 2.45) is 5.73 Å². The van der Waals surface area contributed by atoms with E-state index in [4.69, 9.17) is 15.3 Å². The van der Waals surface area contributed by atoms with Crippen LogP contribution in [0, 0.1) is 0 Å². The molecule has 1 aromatic heterocycles. The Morgan fingerprint density at radius 3 is 3.08 bits per heavy atom. The van der Waals surface area contributed by atoms with Crippen molar-refractivity contribution in [2.75, 3.05) is 12.3 Å². The predicted molar refractivity (Wildman–Crippen MR) is 54.5 cm³/mol. The monoisotopic (exact) mass is 201 g/mol. The van der Waals surface area contributed by atoms with E-state index in [1.165, 1.54) is 0 Å². The highest BCUT2D eigenvalue weighted by molar-refractivity contribution is 7.98. The zero-order chi connectivity index (χ0) is 9.52. The molecule has 3 N–H and O–H groups in total. The van der Waals surface area contributed by atoms with Gasteiger partial charge in [-0.25, -0.2) is 0 Å². The molecule has 1 atom stereocenters. The van der Waals surface area contributed by atoms with E-state index in [0.29, 0.717) is 6.54 Å². The van der Waals surface area contributed by atoms with Gasteiger partial charge in [-0.05, 0) is 24.3 Å². The van der Waals surface area contributed by atoms with Crippen molar-refractivity contribution in [3.05, 3.63) is 24.2 Å². The number of nitrogens with two attached hydrogens (primary N) is 1. The summed E-state index contributed by atoms with van der Waals surface area (Å²) in [5.41, 5.74) is 5.27. The normalized spacial score (nSPS) is 13.1. The van der Waals surface area contributed by atoms with Crippen LogP contribution in [0.3, 0.4) is 0 Å². The second kappa shape index (κ2) is 6.07. The Balaban J connectivity index is 2.02. The second-order valence-corrected chi connectivity index (χ2v) is 3.92. The van der Waals surface area contributed by atoms with Gasteiger partial charge in [0.05, 0.1) is 18.1 Å². The van der Waals surface area contributed by atoms with Crippen molar-refractivity contribution in [2.45, 2.75) is 18.3 Å². The van der Waals surface area contributed by atoms with Gasteiger partial charge in [0.2, 0.25) is 0 Å². The van der Waals surface area contributed by atoms with E-state index in [1.54, 1.807) is 18.0 Å². The molecule has 1 aromatic rings. The lowest BCUT2D eigenvalue weighted by Crippen LogP contribution is -2.20. The van der Waals surface area contributed by atoms with Gasteiger partial charge in [0.25, 0.3) is 0 Å². The van der Waals surface area contributed by atoms with Gasteiger partial charge in [-0.15, -0.1) is 0 Å². The highest BCUT2D eigenvalue weighted by Crippen LogP contribution is 2.13. The van der Waals surface area contributed by atoms with E-state index < -0.39 is 0 Å². The van der Waals surface area contributed by atoms with Gasteiger partial charge in [0.15, 0.2) is 0 Å². The van der Waals surface area contributed by atoms with Crippen LogP contribution in [0.25, 0.3) is 0 Å². The van der Waals surface area contributed by atoms with E-state index in [9.17, 15) is 0 Å². The summed E-state index contributed by atoms with van der Waals surface area (Å²) >= 11 is 1.75. The Morgan fingerprint density at radius 2 is 2.46 bits per heavy atom. The summed E-state index contributed by atoms with van der Waals surface area (Å²) < 4.78 is 5.16. The number of furan rings is 1. The first kappa shape index (κ1) is 10.6. The Bertz CT molecular complexity index is 213. The fourth-order valence-corrected chi connectivity index (χ4v) is 1.85. The number of hydrogen-bond donors (Lipinski definition) is 2. The molecule has 13 heavy (non-hydrogen) atoms. The summed E-state index contributed by atoms with van der Waals surface area (Å²) in [6.45, 7) is 0.349. The summed E-state index contributed by atoms with van der Waals surface area (Å²) in [6.07, 6.45) is 2.07. The fraction of sp³-hybridized carbons (Fsp3) is 0.556. The van der Waals surface area contributed by atoms with Gasteiger partial charge in [-0.2, -0.15) is 11.8 Å². The largest absolute Gasteiger partial charge is 0.468 e. The van der Waals surface area contributed by atoms with Gasteiger partial charge in [-0.3, -0.25) is 0 Å². The van der Waals surface area contributed by atoms with Gasteiger partial charge >= 0.3 is 0 Å². The molecular formula is C9H15NO2S. The molecule has 0 bridgehead atoms. The lowest BCUT2D eigenvalue weighted by atomic mass is 10.3. The van der Waals surface area contributed by atoms with Crippen LogP contribution >= 0.6 is 11.8 Å². The van der Waals surface area contributed by atoms with Crippen molar-refractivity contribution >= 4 is 11.8 Å². The van der Waals surface area contributed by atoms with Crippen LogP contribution in [0.2, 0.25) is 0 Å². The standard InChI is InChI=1S/C9H15NO2S/c10-6-8(11)3-5-13-7-9-2-1-4-12-9/h1-2,4,8,11H,3,5-7,10H2. The first-order valence-electron chi connectivity index (χ1n) is 4.31. The number of hydrogen-bond acceptors (Lipinski definition) is 4. The molecule has 0 aliphatic rings. The van der Waals surface area contributed by atoms with Crippen LogP contribution in [0.1, 0.15) is 12.2 Å². The molecule has 0 aliphatic carbocycles. The molecule has 0 aliphatic heterocycles. The Labute approximate surface area is 82.3 Å². The summed E-state index contributed by atoms with van der Waals surface area (Å²) in [5, 5.41) is 9.15. The maximum absolute atomic E-state index is 9.15. The second-order valence-electron chi connectivity index (χ2n) is 2.81. The molecule has 0 fully saturated rings. The van der Waals surface area contributed by atoms with Gasteiger partial charge in [0, 0.05) is 6.54 Å². The Hall–Kier alpha value is -0.450. The highest BCUT2D eigenvalue weighted by Gasteiger charge is 2.01. The summed E-state index contributed by atoms with van der Waals surface area (Å²) in [5.74, 6) is 2.76. The third-order valence-electron chi connectivity index (χ3n) is 1.69. The molecular weight excluding hydrogens is 186 g/mol. The Kier molecular flexibility index (Phi) is 4.97. The lowest BCUT2D eigenvalue weighted by molar-refractivity contribution is 0.180. The van der Waals surface area contributed by atoms with E-state index >= 15 is 0 Å². The first-order chi connectivity index (χ1) is 6.33. The summed E-state index contributed by atoms with van der Waals surface area (Å²) in [6, 6.07) is 3.83. The van der Waals surface area contributed by atoms with E-state index in [0.717, 1.165) is 23.7 Å². The quantitative estimate of drug-likeness (QED) is 0.679. The lowest BCUT2D eigenvalue weighted by Gasteiger charge is -2.05. The first-order valence-corrected chi connectivity index (χ1v) is 5.46. The maximum Gasteiger partial charge on any atom is 0.113 e. The van der Waals surface area contributed by atoms with Gasteiger partial charge in [-0.1, -0.05) is 0 Å². The van der Waals surface area contributed by atoms with Gasteiger partial charge in [0.1, 0.15) is 5.76 Å². The fourth-order valence-electron chi connectivity index (χ4n) is 0.905. The average molecular weight is 201 g/mol. The van der Waals surface area contributed by atoms with E-state index in [1.807, 2.05) is 12.1 Å². The topological polar surface area (TPSA) is 59.4 Å². The molecule has 0 amide bonds. The molecule has 4 heteroatoms. The molecule has 0 aromatic carbocycles. The highest BCUT2D eigenvalue weighted by atomic mass is 32.2. The average Bonchev–Trinajstić information content (AvgIpc) is 2.64.